The number of hydrogen-bond acceptors (Lipinski definition) is 2. The number of carbonyl (C=O) groups is 1. The summed E-state index contributed by atoms with van der Waals surface area (Å²) in [4.78, 5) is 12.5. The van der Waals surface area contributed by atoms with E-state index in [-0.39, 0.29) is 5.91 Å². The zero-order chi connectivity index (χ0) is 17.6. The fraction of sp³-hybridized carbons (Fsp3) is 0.190. The maximum Gasteiger partial charge on any atom is 0.255 e. The van der Waals surface area contributed by atoms with Gasteiger partial charge in [0.25, 0.3) is 5.91 Å². The van der Waals surface area contributed by atoms with Crippen LogP contribution in [0.3, 0.4) is 0 Å². The highest BCUT2D eigenvalue weighted by Crippen LogP contribution is 2.25. The van der Waals surface area contributed by atoms with Gasteiger partial charge in [0.05, 0.1) is 12.7 Å². The van der Waals surface area contributed by atoms with E-state index in [1.54, 1.807) is 7.11 Å². The van der Waals surface area contributed by atoms with Gasteiger partial charge in [0, 0.05) is 11.6 Å². The quantitative estimate of drug-likeness (QED) is 0.642. The lowest BCUT2D eigenvalue weighted by Gasteiger charge is -2.11. The lowest BCUT2D eigenvalue weighted by Crippen LogP contribution is -2.25. The Morgan fingerprint density at radius 2 is 1.72 bits per heavy atom. The number of halogens is 1. The van der Waals surface area contributed by atoms with Gasteiger partial charge in [-0.15, -0.1) is 0 Å². The van der Waals surface area contributed by atoms with Gasteiger partial charge in [0.2, 0.25) is 0 Å². The number of rotatable bonds is 6. The summed E-state index contributed by atoms with van der Waals surface area (Å²) < 4.78 is 5.39. The van der Waals surface area contributed by atoms with Gasteiger partial charge in [-0.3, -0.25) is 4.79 Å². The van der Waals surface area contributed by atoms with Crippen LogP contribution < -0.4 is 10.1 Å². The third-order valence-corrected chi connectivity index (χ3v) is 4.41. The Morgan fingerprint density at radius 1 is 1.04 bits per heavy atom. The van der Waals surface area contributed by atoms with Gasteiger partial charge in [0.1, 0.15) is 5.75 Å². The molecule has 3 nitrogen and oxygen atoms in total. The average molecular weight is 354 g/mol. The molecule has 0 atom stereocenters. The number of methoxy groups -OCH3 is 1. The van der Waals surface area contributed by atoms with Crippen molar-refractivity contribution in [2.24, 2.45) is 0 Å². The molecule has 0 radical (unpaired) electrons. The van der Waals surface area contributed by atoms with Crippen LogP contribution in [0.25, 0.3) is 10.8 Å². The molecule has 3 aromatic rings. The fourth-order valence-corrected chi connectivity index (χ4v) is 2.93. The van der Waals surface area contributed by atoms with E-state index in [0.29, 0.717) is 17.9 Å². The van der Waals surface area contributed by atoms with Crippen molar-refractivity contribution < 1.29 is 9.53 Å². The van der Waals surface area contributed by atoms with Gasteiger partial charge in [0.15, 0.2) is 0 Å². The molecular weight excluding hydrogens is 334 g/mol. The number of ether oxygens (including phenoxy) is 1. The normalized spacial score (nSPS) is 10.6. The van der Waals surface area contributed by atoms with Gasteiger partial charge in [-0.2, -0.15) is 0 Å². The van der Waals surface area contributed by atoms with Crippen molar-refractivity contribution in [1.82, 2.24) is 5.32 Å². The summed E-state index contributed by atoms with van der Waals surface area (Å²) in [6.07, 6.45) is 1.76. The molecule has 0 spiro atoms. The highest BCUT2D eigenvalue weighted by molar-refractivity contribution is 6.30. The summed E-state index contributed by atoms with van der Waals surface area (Å²) >= 11 is 5.88. The lowest BCUT2D eigenvalue weighted by atomic mass is 10.1. The third kappa shape index (κ3) is 4.31. The van der Waals surface area contributed by atoms with Crippen molar-refractivity contribution >= 4 is 28.3 Å². The maximum absolute atomic E-state index is 12.5. The van der Waals surface area contributed by atoms with E-state index >= 15 is 0 Å². The molecule has 128 valence electrons. The largest absolute Gasteiger partial charge is 0.496 e. The molecule has 0 saturated carbocycles. The second kappa shape index (κ2) is 8.04. The van der Waals surface area contributed by atoms with Crippen LogP contribution in [0.1, 0.15) is 22.3 Å². The molecular formula is C21H20ClNO2. The van der Waals surface area contributed by atoms with Crippen LogP contribution in [-0.4, -0.2) is 19.6 Å². The average Bonchev–Trinajstić information content (AvgIpc) is 2.65. The third-order valence-electron chi connectivity index (χ3n) is 4.15. The number of hydrogen-bond donors (Lipinski definition) is 1. The molecule has 4 heteroatoms. The van der Waals surface area contributed by atoms with E-state index in [1.807, 2.05) is 60.7 Å². The molecule has 0 saturated heterocycles. The van der Waals surface area contributed by atoms with Crippen molar-refractivity contribution in [3.8, 4) is 5.75 Å². The number of benzene rings is 3. The van der Waals surface area contributed by atoms with Crippen molar-refractivity contribution in [2.45, 2.75) is 12.8 Å². The molecule has 3 aromatic carbocycles. The first-order chi connectivity index (χ1) is 12.2. The zero-order valence-electron chi connectivity index (χ0n) is 14.1. The van der Waals surface area contributed by atoms with Gasteiger partial charge in [-0.05, 0) is 53.4 Å². The molecule has 0 unspecified atom stereocenters. The standard InChI is InChI=1S/C21H20ClNO2/c1-25-20-14-17-7-3-2-6-16(17)13-19(20)21(24)23-12-4-5-15-8-10-18(22)11-9-15/h2-3,6-11,13-14H,4-5,12H2,1H3,(H,23,24). The first kappa shape index (κ1) is 17.3. The van der Waals surface area contributed by atoms with Gasteiger partial charge in [-0.1, -0.05) is 48.0 Å². The minimum Gasteiger partial charge on any atom is -0.496 e. The van der Waals surface area contributed by atoms with Gasteiger partial charge in [-0.25, -0.2) is 0 Å². The number of nitrogens with one attached hydrogen (secondary N) is 1. The number of amides is 1. The summed E-state index contributed by atoms with van der Waals surface area (Å²) in [5.41, 5.74) is 1.77. The van der Waals surface area contributed by atoms with Crippen LogP contribution in [0, 0.1) is 0 Å². The molecule has 0 aliphatic rings. The molecule has 0 bridgehead atoms. The monoisotopic (exact) mass is 353 g/mol. The fourth-order valence-electron chi connectivity index (χ4n) is 2.81. The van der Waals surface area contributed by atoms with Crippen LogP contribution in [0.15, 0.2) is 60.7 Å². The van der Waals surface area contributed by atoms with E-state index in [2.05, 4.69) is 5.32 Å². The van der Waals surface area contributed by atoms with E-state index in [4.69, 9.17) is 16.3 Å². The first-order valence-corrected chi connectivity index (χ1v) is 8.64. The molecule has 25 heavy (non-hydrogen) atoms. The molecule has 0 aliphatic heterocycles. The van der Waals surface area contributed by atoms with Crippen LogP contribution in [-0.2, 0) is 6.42 Å². The second-order valence-corrected chi connectivity index (χ2v) is 6.32. The predicted molar refractivity (Wildman–Crippen MR) is 103 cm³/mol. The molecule has 0 aromatic heterocycles. The highest BCUT2D eigenvalue weighted by atomic mass is 35.5. The van der Waals surface area contributed by atoms with Gasteiger partial charge < -0.3 is 10.1 Å². The molecule has 0 heterocycles. The summed E-state index contributed by atoms with van der Waals surface area (Å²) in [5, 5.41) is 5.79. The van der Waals surface area contributed by atoms with Crippen LogP contribution in [0.2, 0.25) is 5.02 Å². The summed E-state index contributed by atoms with van der Waals surface area (Å²) in [5.74, 6) is 0.479. The van der Waals surface area contributed by atoms with E-state index in [1.165, 1.54) is 5.56 Å². The minimum atomic E-state index is -0.112. The van der Waals surface area contributed by atoms with Crippen molar-refractivity contribution in [3.05, 3.63) is 76.8 Å². The van der Waals surface area contributed by atoms with Crippen molar-refractivity contribution in [1.29, 1.82) is 0 Å². The topological polar surface area (TPSA) is 38.3 Å². The van der Waals surface area contributed by atoms with E-state index in [9.17, 15) is 4.79 Å². The van der Waals surface area contributed by atoms with Gasteiger partial charge >= 0.3 is 0 Å². The first-order valence-electron chi connectivity index (χ1n) is 8.27. The molecule has 3 rings (SSSR count). The van der Waals surface area contributed by atoms with E-state index < -0.39 is 0 Å². The van der Waals surface area contributed by atoms with E-state index in [0.717, 1.165) is 28.6 Å². The Labute approximate surface area is 152 Å². The molecule has 0 fully saturated rings. The number of carbonyl (C=O) groups excluding carboxylic acids is 1. The molecule has 1 N–H and O–H groups in total. The van der Waals surface area contributed by atoms with Crippen LogP contribution in [0.4, 0.5) is 0 Å². The minimum absolute atomic E-state index is 0.112. The Morgan fingerprint density at radius 3 is 2.40 bits per heavy atom. The maximum atomic E-state index is 12.5. The Hall–Kier alpha value is -2.52. The number of aryl methyl sites for hydroxylation is 1. The molecule has 1 amide bonds. The Balaban J connectivity index is 1.62. The zero-order valence-corrected chi connectivity index (χ0v) is 14.8. The lowest BCUT2D eigenvalue weighted by molar-refractivity contribution is 0.0950. The summed E-state index contributed by atoms with van der Waals surface area (Å²) in [6, 6.07) is 19.5. The SMILES string of the molecule is COc1cc2ccccc2cc1C(=O)NCCCc1ccc(Cl)cc1. The molecule has 0 aliphatic carbocycles. The predicted octanol–water partition coefficient (Wildman–Crippen LogP) is 4.86. The smallest absolute Gasteiger partial charge is 0.255 e. The van der Waals surface area contributed by atoms with Crippen molar-refractivity contribution in [3.63, 3.8) is 0 Å². The summed E-state index contributed by atoms with van der Waals surface area (Å²) in [6.45, 7) is 0.609. The Bertz CT molecular complexity index is 875. The van der Waals surface area contributed by atoms with Crippen molar-refractivity contribution in [2.75, 3.05) is 13.7 Å². The van der Waals surface area contributed by atoms with Crippen LogP contribution >= 0.6 is 11.6 Å². The second-order valence-electron chi connectivity index (χ2n) is 5.89. The van der Waals surface area contributed by atoms with Crippen LogP contribution in [0.5, 0.6) is 5.75 Å². The Kier molecular flexibility index (Phi) is 5.56. The number of fused-ring (bicyclic) bond motifs is 1. The highest BCUT2D eigenvalue weighted by Gasteiger charge is 2.13. The summed E-state index contributed by atoms with van der Waals surface area (Å²) in [7, 11) is 1.58.